The van der Waals surface area contributed by atoms with Crippen molar-refractivity contribution < 1.29 is 9.53 Å². The second-order valence-electron chi connectivity index (χ2n) is 4.35. The summed E-state index contributed by atoms with van der Waals surface area (Å²) in [4.78, 5) is 13.7. The largest absolute Gasteiger partial charge is 0.397 e. The predicted octanol–water partition coefficient (Wildman–Crippen LogP) is 1.80. The van der Waals surface area contributed by atoms with Crippen molar-refractivity contribution in [2.75, 3.05) is 24.3 Å². The van der Waals surface area contributed by atoms with Gasteiger partial charge in [0.25, 0.3) is 0 Å². The molecule has 0 aliphatic carbocycles. The molecule has 1 saturated heterocycles. The number of hydrogen-bond donors (Lipinski definition) is 1. The fraction of sp³-hybridized carbons (Fsp3) is 0.462. The number of ether oxygens (including phenoxy) is 1. The summed E-state index contributed by atoms with van der Waals surface area (Å²) in [7, 11) is 1.75. The van der Waals surface area contributed by atoms with Gasteiger partial charge in [-0.3, -0.25) is 4.79 Å². The van der Waals surface area contributed by atoms with Gasteiger partial charge < -0.3 is 15.4 Å². The summed E-state index contributed by atoms with van der Waals surface area (Å²) in [6.45, 7) is 0.773. The Bertz CT molecular complexity index is 400. The molecule has 0 aromatic heterocycles. The van der Waals surface area contributed by atoms with Crippen molar-refractivity contribution in [1.82, 2.24) is 0 Å². The average molecular weight is 234 g/mol. The number of amides is 1. The highest BCUT2D eigenvalue weighted by Gasteiger charge is 2.22. The van der Waals surface area contributed by atoms with Crippen molar-refractivity contribution in [3.63, 3.8) is 0 Å². The lowest BCUT2D eigenvalue weighted by Crippen LogP contribution is -2.30. The SMILES string of the molecule is CN(C(=O)CC1CCCO1)c1ccccc1N. The van der Waals surface area contributed by atoms with E-state index < -0.39 is 0 Å². The first-order valence-electron chi connectivity index (χ1n) is 5.91. The molecular weight excluding hydrogens is 216 g/mol. The quantitative estimate of drug-likeness (QED) is 0.811. The van der Waals surface area contributed by atoms with Crippen LogP contribution in [0, 0.1) is 0 Å². The lowest BCUT2D eigenvalue weighted by Gasteiger charge is -2.20. The van der Waals surface area contributed by atoms with Gasteiger partial charge >= 0.3 is 0 Å². The van der Waals surface area contributed by atoms with Gasteiger partial charge in [0.2, 0.25) is 5.91 Å². The van der Waals surface area contributed by atoms with E-state index >= 15 is 0 Å². The average Bonchev–Trinajstić information content (AvgIpc) is 2.81. The Morgan fingerprint density at radius 3 is 2.94 bits per heavy atom. The highest BCUT2D eigenvalue weighted by molar-refractivity contribution is 5.96. The summed E-state index contributed by atoms with van der Waals surface area (Å²) in [6, 6.07) is 7.38. The fourth-order valence-corrected chi connectivity index (χ4v) is 2.06. The standard InChI is InChI=1S/C13H18N2O2/c1-15(12-7-3-2-6-11(12)14)13(16)9-10-5-4-8-17-10/h2-3,6-7,10H,4-5,8-9,14H2,1H3. The molecule has 17 heavy (non-hydrogen) atoms. The van der Waals surface area contributed by atoms with Crippen molar-refractivity contribution in [2.24, 2.45) is 0 Å². The minimum atomic E-state index is 0.0507. The smallest absolute Gasteiger partial charge is 0.229 e. The Hall–Kier alpha value is -1.55. The Morgan fingerprint density at radius 2 is 2.29 bits per heavy atom. The summed E-state index contributed by atoms with van der Waals surface area (Å²) < 4.78 is 5.46. The molecule has 0 spiro atoms. The van der Waals surface area contributed by atoms with Crippen LogP contribution in [0.4, 0.5) is 11.4 Å². The van der Waals surface area contributed by atoms with Crippen LogP contribution in [-0.2, 0) is 9.53 Å². The Morgan fingerprint density at radius 1 is 1.53 bits per heavy atom. The Balaban J connectivity index is 2.01. The zero-order chi connectivity index (χ0) is 12.3. The zero-order valence-electron chi connectivity index (χ0n) is 10.1. The summed E-state index contributed by atoms with van der Waals surface area (Å²) in [5, 5.41) is 0. The van der Waals surface area contributed by atoms with Gasteiger partial charge in [0.05, 0.1) is 23.9 Å². The fourth-order valence-electron chi connectivity index (χ4n) is 2.06. The number of carbonyl (C=O) groups excluding carboxylic acids is 1. The van der Waals surface area contributed by atoms with Crippen molar-refractivity contribution in [1.29, 1.82) is 0 Å². The van der Waals surface area contributed by atoms with E-state index in [-0.39, 0.29) is 12.0 Å². The summed E-state index contributed by atoms with van der Waals surface area (Å²) >= 11 is 0. The van der Waals surface area contributed by atoms with Crippen molar-refractivity contribution in [3.8, 4) is 0 Å². The first-order chi connectivity index (χ1) is 8.18. The highest BCUT2D eigenvalue weighted by atomic mass is 16.5. The number of nitrogens with two attached hydrogens (primary N) is 1. The van der Waals surface area contributed by atoms with Crippen LogP contribution < -0.4 is 10.6 Å². The van der Waals surface area contributed by atoms with E-state index in [1.807, 2.05) is 18.2 Å². The maximum Gasteiger partial charge on any atom is 0.229 e. The van der Waals surface area contributed by atoms with Crippen LogP contribution in [0.5, 0.6) is 0 Å². The van der Waals surface area contributed by atoms with Gasteiger partial charge in [0.1, 0.15) is 0 Å². The molecule has 4 heteroatoms. The first kappa shape index (κ1) is 11.9. The third-order valence-corrected chi connectivity index (χ3v) is 3.10. The summed E-state index contributed by atoms with van der Waals surface area (Å²) in [5.41, 5.74) is 7.22. The van der Waals surface area contributed by atoms with Crippen molar-refractivity contribution >= 4 is 17.3 Å². The van der Waals surface area contributed by atoms with Gasteiger partial charge in [-0.05, 0) is 25.0 Å². The van der Waals surface area contributed by atoms with Gasteiger partial charge in [-0.15, -0.1) is 0 Å². The van der Waals surface area contributed by atoms with Crippen LogP contribution in [0.25, 0.3) is 0 Å². The van der Waals surface area contributed by atoms with Gasteiger partial charge in [0.15, 0.2) is 0 Å². The maximum absolute atomic E-state index is 12.0. The molecule has 2 rings (SSSR count). The van der Waals surface area contributed by atoms with Crippen LogP contribution in [0.3, 0.4) is 0 Å². The molecule has 1 unspecified atom stereocenters. The van der Waals surface area contributed by atoms with Crippen molar-refractivity contribution in [2.45, 2.75) is 25.4 Å². The molecule has 0 bridgehead atoms. The van der Waals surface area contributed by atoms with Crippen LogP contribution in [0.1, 0.15) is 19.3 Å². The van der Waals surface area contributed by atoms with Gasteiger partial charge in [-0.1, -0.05) is 12.1 Å². The maximum atomic E-state index is 12.0. The molecule has 4 nitrogen and oxygen atoms in total. The molecule has 1 fully saturated rings. The van der Waals surface area contributed by atoms with Gasteiger partial charge in [-0.25, -0.2) is 0 Å². The molecule has 1 atom stereocenters. The second-order valence-corrected chi connectivity index (χ2v) is 4.35. The molecule has 1 aromatic carbocycles. The molecule has 2 N–H and O–H groups in total. The third-order valence-electron chi connectivity index (χ3n) is 3.10. The monoisotopic (exact) mass is 234 g/mol. The Kier molecular flexibility index (Phi) is 3.64. The lowest BCUT2D eigenvalue weighted by atomic mass is 10.1. The summed E-state index contributed by atoms with van der Waals surface area (Å²) in [5.74, 6) is 0.0507. The molecule has 1 amide bonds. The summed E-state index contributed by atoms with van der Waals surface area (Å²) in [6.07, 6.45) is 2.54. The van der Waals surface area contributed by atoms with Crippen LogP contribution in [-0.4, -0.2) is 25.7 Å². The van der Waals surface area contributed by atoms with E-state index in [0.717, 1.165) is 25.1 Å². The normalized spacial score (nSPS) is 19.2. The molecule has 1 heterocycles. The lowest BCUT2D eigenvalue weighted by molar-refractivity contribution is -0.120. The molecule has 92 valence electrons. The number of benzene rings is 1. The minimum Gasteiger partial charge on any atom is -0.397 e. The van der Waals surface area contributed by atoms with Gasteiger partial charge in [0, 0.05) is 13.7 Å². The first-order valence-corrected chi connectivity index (χ1v) is 5.91. The van der Waals surface area contributed by atoms with Crippen LogP contribution in [0.15, 0.2) is 24.3 Å². The van der Waals surface area contributed by atoms with E-state index in [1.54, 1.807) is 18.0 Å². The number of hydrogen-bond acceptors (Lipinski definition) is 3. The topological polar surface area (TPSA) is 55.6 Å². The molecular formula is C13H18N2O2. The number of nitrogens with zero attached hydrogens (tertiary/aromatic N) is 1. The number of rotatable bonds is 3. The highest BCUT2D eigenvalue weighted by Crippen LogP contribution is 2.23. The molecule has 1 aliphatic rings. The van der Waals surface area contributed by atoms with E-state index in [1.165, 1.54) is 0 Å². The predicted molar refractivity (Wildman–Crippen MR) is 67.9 cm³/mol. The van der Waals surface area contributed by atoms with Crippen molar-refractivity contribution in [3.05, 3.63) is 24.3 Å². The molecule has 1 aromatic rings. The van der Waals surface area contributed by atoms with Crippen LogP contribution in [0.2, 0.25) is 0 Å². The Labute approximate surface area is 101 Å². The number of para-hydroxylation sites is 2. The third kappa shape index (κ3) is 2.77. The second kappa shape index (κ2) is 5.19. The van der Waals surface area contributed by atoms with Crippen LogP contribution >= 0.6 is 0 Å². The van der Waals surface area contributed by atoms with Gasteiger partial charge in [-0.2, -0.15) is 0 Å². The molecule has 0 radical (unpaired) electrons. The van der Waals surface area contributed by atoms with E-state index in [0.29, 0.717) is 12.1 Å². The molecule has 0 saturated carbocycles. The number of nitrogen functional groups attached to an aromatic ring is 1. The van der Waals surface area contributed by atoms with E-state index in [2.05, 4.69) is 0 Å². The zero-order valence-corrected chi connectivity index (χ0v) is 10.1. The number of anilines is 2. The number of carbonyl (C=O) groups is 1. The molecule has 1 aliphatic heterocycles. The minimum absolute atomic E-state index is 0.0507. The van der Waals surface area contributed by atoms with E-state index in [9.17, 15) is 4.79 Å². The van der Waals surface area contributed by atoms with E-state index in [4.69, 9.17) is 10.5 Å².